The van der Waals surface area contributed by atoms with E-state index in [1.807, 2.05) is 18.2 Å². The van der Waals surface area contributed by atoms with Crippen molar-refractivity contribution in [2.45, 2.75) is 78.7 Å². The Morgan fingerprint density at radius 1 is 1.03 bits per heavy atom. The Balaban J connectivity index is 2.36. The van der Waals surface area contributed by atoms with Crippen LogP contribution in [0, 0.1) is 0 Å². The summed E-state index contributed by atoms with van der Waals surface area (Å²) in [5, 5.41) is 12.4. The molecule has 0 fully saturated rings. The summed E-state index contributed by atoms with van der Waals surface area (Å²) in [7, 11) is 0. The molecule has 1 atom stereocenters. The maximum absolute atomic E-state index is 12.0. The van der Waals surface area contributed by atoms with E-state index in [2.05, 4.69) is 56.2 Å². The fourth-order valence-corrected chi connectivity index (χ4v) is 3.06. The minimum Gasteiger partial charge on any atom is -0.389 e. The topological polar surface area (TPSA) is 62.2 Å². The molecule has 0 spiro atoms. The number of hydrogen-bond donors (Lipinski definition) is 2. The Morgan fingerprint density at radius 3 is 2.28 bits per heavy atom. The second-order valence-corrected chi connectivity index (χ2v) is 7.93. The van der Waals surface area contributed by atoms with Gasteiger partial charge in [-0.2, -0.15) is 0 Å². The van der Waals surface area contributed by atoms with Crippen LogP contribution in [0.3, 0.4) is 0 Å². The molecule has 1 aromatic heterocycles. The minimum absolute atomic E-state index is 0.190. The molecule has 2 N–H and O–H groups in total. The molecule has 0 amide bonds. The minimum atomic E-state index is -0.446. The van der Waals surface area contributed by atoms with Crippen LogP contribution in [0.25, 0.3) is 0 Å². The predicted molar refractivity (Wildman–Crippen MR) is 123 cm³/mol. The molecule has 1 unspecified atom stereocenters. The average molecular weight is 399 g/mol. The van der Waals surface area contributed by atoms with E-state index in [1.165, 1.54) is 16.7 Å². The maximum atomic E-state index is 12.0. The summed E-state index contributed by atoms with van der Waals surface area (Å²) in [5.74, 6) is 0.475. The van der Waals surface area contributed by atoms with Crippen LogP contribution in [-0.4, -0.2) is 28.5 Å². The van der Waals surface area contributed by atoms with Gasteiger partial charge in [-0.15, -0.1) is 0 Å². The molecule has 0 saturated carbocycles. The monoisotopic (exact) mass is 398 g/mol. The van der Waals surface area contributed by atoms with Crippen molar-refractivity contribution in [2.75, 3.05) is 11.9 Å². The Kier molecular flexibility index (Phi) is 12.6. The molecule has 0 aliphatic heterocycles. The molecule has 1 aromatic rings. The quantitative estimate of drug-likeness (QED) is 0.297. The van der Waals surface area contributed by atoms with Gasteiger partial charge in [-0.05, 0) is 84.8 Å². The van der Waals surface area contributed by atoms with Crippen molar-refractivity contribution in [3.8, 4) is 0 Å². The summed E-state index contributed by atoms with van der Waals surface area (Å²) in [5.41, 5.74) is 4.23. The predicted octanol–water partition coefficient (Wildman–Crippen LogP) is 6.01. The third kappa shape index (κ3) is 12.1. The van der Waals surface area contributed by atoms with E-state index in [-0.39, 0.29) is 5.78 Å². The number of pyridine rings is 1. The number of aliphatic hydroxyl groups is 1. The zero-order chi connectivity index (χ0) is 21.5. The first-order chi connectivity index (χ1) is 13.9. The van der Waals surface area contributed by atoms with Gasteiger partial charge in [0.05, 0.1) is 6.04 Å². The molecule has 29 heavy (non-hydrogen) atoms. The van der Waals surface area contributed by atoms with E-state index in [1.54, 1.807) is 6.20 Å². The standard InChI is InChI=1S/C25H38N2O2/c1-20(2)11-9-13-22(4)15-10-14-21(3)12-5-6-16-23(24(29)19-28)27-25-17-7-8-18-26-25/h7-8,11-12,15,17-18,23,28H,5-6,9-10,13-14,16,19H2,1-4H3,(H,26,27)/b21-12+,22-15+. The molecule has 0 aliphatic rings. The van der Waals surface area contributed by atoms with E-state index in [9.17, 15) is 9.90 Å². The molecule has 0 bridgehead atoms. The first-order valence-corrected chi connectivity index (χ1v) is 10.7. The molecular weight excluding hydrogens is 360 g/mol. The van der Waals surface area contributed by atoms with Gasteiger partial charge < -0.3 is 10.4 Å². The van der Waals surface area contributed by atoms with Crippen LogP contribution in [0.1, 0.15) is 72.6 Å². The number of Topliss-reactive ketones (excluding diaryl/α,β-unsaturated/α-hetero) is 1. The fourth-order valence-electron chi connectivity index (χ4n) is 3.06. The van der Waals surface area contributed by atoms with Crippen LogP contribution in [0.2, 0.25) is 0 Å². The largest absolute Gasteiger partial charge is 0.389 e. The first kappa shape index (κ1) is 24.8. The van der Waals surface area contributed by atoms with Gasteiger partial charge in [0.25, 0.3) is 0 Å². The van der Waals surface area contributed by atoms with E-state index in [4.69, 9.17) is 0 Å². The van der Waals surface area contributed by atoms with Crippen molar-refractivity contribution >= 4 is 11.6 Å². The van der Waals surface area contributed by atoms with Gasteiger partial charge in [0.1, 0.15) is 12.4 Å². The number of carbonyl (C=O) groups is 1. The summed E-state index contributed by atoms with van der Waals surface area (Å²) in [6.45, 7) is 8.23. The zero-order valence-corrected chi connectivity index (χ0v) is 18.6. The number of aliphatic hydroxyl groups excluding tert-OH is 1. The molecule has 0 aromatic carbocycles. The maximum Gasteiger partial charge on any atom is 0.180 e. The molecule has 1 rings (SSSR count). The van der Waals surface area contributed by atoms with Crippen molar-refractivity contribution in [3.63, 3.8) is 0 Å². The van der Waals surface area contributed by atoms with Crippen LogP contribution >= 0.6 is 0 Å². The smallest absolute Gasteiger partial charge is 0.180 e. The molecule has 1 heterocycles. The number of nitrogens with one attached hydrogen (secondary N) is 1. The highest BCUT2D eigenvalue weighted by molar-refractivity contribution is 5.87. The summed E-state index contributed by atoms with van der Waals surface area (Å²) in [4.78, 5) is 16.2. The number of anilines is 1. The lowest BCUT2D eigenvalue weighted by molar-refractivity contribution is -0.122. The lowest BCUT2D eigenvalue weighted by Crippen LogP contribution is -2.32. The number of allylic oxidation sites excluding steroid dienone is 6. The first-order valence-electron chi connectivity index (χ1n) is 10.7. The number of unbranched alkanes of at least 4 members (excludes halogenated alkanes) is 1. The molecular formula is C25H38N2O2. The Morgan fingerprint density at radius 2 is 1.69 bits per heavy atom. The number of aromatic nitrogens is 1. The Labute approximate surface area is 176 Å². The molecule has 0 saturated heterocycles. The highest BCUT2D eigenvalue weighted by Gasteiger charge is 2.17. The number of carbonyl (C=O) groups excluding carboxylic acids is 1. The van der Waals surface area contributed by atoms with Crippen molar-refractivity contribution < 1.29 is 9.90 Å². The lowest BCUT2D eigenvalue weighted by Gasteiger charge is -2.16. The second kappa shape index (κ2) is 14.7. The average Bonchev–Trinajstić information content (AvgIpc) is 2.70. The van der Waals surface area contributed by atoms with Gasteiger partial charge in [0.15, 0.2) is 5.78 Å². The van der Waals surface area contributed by atoms with E-state index >= 15 is 0 Å². The summed E-state index contributed by atoms with van der Waals surface area (Å²) in [6, 6.07) is 5.15. The van der Waals surface area contributed by atoms with Gasteiger partial charge in [-0.25, -0.2) is 4.98 Å². The normalized spacial score (nSPS) is 13.1. The summed E-state index contributed by atoms with van der Waals surface area (Å²) < 4.78 is 0. The number of rotatable bonds is 14. The number of hydrogen-bond acceptors (Lipinski definition) is 4. The Bertz CT molecular complexity index is 686. The van der Waals surface area contributed by atoms with Crippen LogP contribution in [0.4, 0.5) is 5.82 Å². The highest BCUT2D eigenvalue weighted by Crippen LogP contribution is 2.14. The van der Waals surface area contributed by atoms with E-state index < -0.39 is 12.6 Å². The van der Waals surface area contributed by atoms with Gasteiger partial charge in [0, 0.05) is 6.20 Å². The van der Waals surface area contributed by atoms with E-state index in [0.717, 1.165) is 38.5 Å². The third-order valence-corrected chi connectivity index (χ3v) is 4.84. The molecule has 160 valence electrons. The van der Waals surface area contributed by atoms with Crippen LogP contribution in [-0.2, 0) is 4.79 Å². The summed E-state index contributed by atoms with van der Waals surface area (Å²) >= 11 is 0. The fraction of sp³-hybridized carbons (Fsp3) is 0.520. The second-order valence-electron chi connectivity index (χ2n) is 7.93. The van der Waals surface area contributed by atoms with Crippen LogP contribution in [0.5, 0.6) is 0 Å². The highest BCUT2D eigenvalue weighted by atomic mass is 16.3. The van der Waals surface area contributed by atoms with Gasteiger partial charge >= 0.3 is 0 Å². The van der Waals surface area contributed by atoms with Crippen molar-refractivity contribution in [3.05, 3.63) is 59.3 Å². The van der Waals surface area contributed by atoms with Gasteiger partial charge in [-0.3, -0.25) is 4.79 Å². The zero-order valence-electron chi connectivity index (χ0n) is 18.6. The molecule has 0 radical (unpaired) electrons. The van der Waals surface area contributed by atoms with Crippen molar-refractivity contribution in [1.82, 2.24) is 4.98 Å². The molecule has 0 aliphatic carbocycles. The molecule has 4 nitrogen and oxygen atoms in total. The lowest BCUT2D eigenvalue weighted by atomic mass is 10.0. The van der Waals surface area contributed by atoms with Crippen LogP contribution < -0.4 is 5.32 Å². The summed E-state index contributed by atoms with van der Waals surface area (Å²) in [6.07, 6.45) is 15.5. The van der Waals surface area contributed by atoms with Crippen LogP contribution in [0.15, 0.2) is 59.3 Å². The third-order valence-electron chi connectivity index (χ3n) is 4.84. The van der Waals surface area contributed by atoms with Crippen molar-refractivity contribution in [1.29, 1.82) is 0 Å². The Hall–Kier alpha value is -2.20. The SMILES string of the molecule is CC(C)=CCC/C(C)=C/CC/C(C)=C/CCCC(Nc1ccccn1)C(=O)CO. The van der Waals surface area contributed by atoms with Gasteiger partial charge in [-0.1, -0.05) is 41.0 Å². The van der Waals surface area contributed by atoms with E-state index in [0.29, 0.717) is 12.2 Å². The molecule has 4 heteroatoms. The van der Waals surface area contributed by atoms with Gasteiger partial charge in [0.2, 0.25) is 0 Å². The number of ketones is 1. The number of nitrogens with zero attached hydrogens (tertiary/aromatic N) is 1. The van der Waals surface area contributed by atoms with Crippen molar-refractivity contribution in [2.24, 2.45) is 0 Å².